The molecule has 24 heavy (non-hydrogen) atoms. The predicted octanol–water partition coefficient (Wildman–Crippen LogP) is 2.93. The summed E-state index contributed by atoms with van der Waals surface area (Å²) in [5.74, 6) is 0.586. The van der Waals surface area contributed by atoms with Crippen LogP contribution in [-0.4, -0.2) is 36.9 Å². The Bertz CT molecular complexity index is 768. The van der Waals surface area contributed by atoms with Gasteiger partial charge in [0.2, 0.25) is 15.9 Å². The molecule has 0 unspecified atom stereocenters. The van der Waals surface area contributed by atoms with Gasteiger partial charge in [-0.15, -0.1) is 0 Å². The number of benzene rings is 1. The van der Waals surface area contributed by atoms with Crippen molar-refractivity contribution in [2.75, 3.05) is 13.1 Å². The number of ether oxygens (including phenoxy) is 1. The second kappa shape index (κ2) is 7.59. The highest BCUT2D eigenvalue weighted by Crippen LogP contribution is 2.20. The fourth-order valence-corrected chi connectivity index (χ4v) is 3.83. The Hall–Kier alpha value is -2.18. The highest BCUT2D eigenvalue weighted by molar-refractivity contribution is 7.92. The molecule has 0 aliphatic carbocycles. The van der Waals surface area contributed by atoms with Crippen LogP contribution in [0.2, 0.25) is 0 Å². The number of rotatable bonds is 5. The second-order valence-corrected chi connectivity index (χ2v) is 7.46. The maximum absolute atomic E-state index is 12.4. The van der Waals surface area contributed by atoms with Gasteiger partial charge in [-0.05, 0) is 30.5 Å². The first kappa shape index (κ1) is 16.7. The van der Waals surface area contributed by atoms with E-state index in [2.05, 4.69) is 4.98 Å². The van der Waals surface area contributed by atoms with Crippen molar-refractivity contribution in [2.24, 2.45) is 0 Å². The highest BCUT2D eigenvalue weighted by atomic mass is 32.2. The largest absolute Gasteiger partial charge is 0.474 e. The van der Waals surface area contributed by atoms with Crippen LogP contribution in [0, 0.1) is 0 Å². The van der Waals surface area contributed by atoms with Crippen LogP contribution in [0.3, 0.4) is 0 Å². The fourth-order valence-electron chi connectivity index (χ4n) is 2.61. The molecule has 0 atom stereocenters. The van der Waals surface area contributed by atoms with Crippen LogP contribution < -0.4 is 4.74 Å². The molecule has 1 aliphatic rings. The van der Waals surface area contributed by atoms with Crippen LogP contribution in [0.25, 0.3) is 6.08 Å². The summed E-state index contributed by atoms with van der Waals surface area (Å²) in [5.41, 5.74) is 0.870. The molecule has 1 aromatic carbocycles. The maximum atomic E-state index is 12.4. The minimum absolute atomic E-state index is 0.00412. The zero-order valence-electron chi connectivity index (χ0n) is 13.3. The summed E-state index contributed by atoms with van der Waals surface area (Å²) in [4.78, 5) is 4.14. The number of aromatic nitrogens is 1. The highest BCUT2D eigenvalue weighted by Gasteiger charge is 2.27. The Morgan fingerprint density at radius 2 is 1.75 bits per heavy atom. The zero-order valence-corrected chi connectivity index (χ0v) is 14.1. The molecule has 6 heteroatoms. The first-order valence-corrected chi connectivity index (χ1v) is 9.45. The molecular formula is C18H20N2O3S. The first-order valence-electron chi connectivity index (χ1n) is 7.94. The number of hydrogen-bond acceptors (Lipinski definition) is 4. The fraction of sp³-hybridized carbons (Fsp3) is 0.278. The standard InChI is InChI=1S/C18H20N2O3S/c21-24(22,15-11-16-6-2-1-3-7-16)20-13-9-17(10-14-20)23-18-8-4-5-12-19-18/h1-8,11-12,15,17H,9-10,13-14H2. The normalized spacial score (nSPS) is 17.2. The van der Waals surface area contributed by atoms with E-state index in [-0.39, 0.29) is 6.10 Å². The Morgan fingerprint density at radius 1 is 1.04 bits per heavy atom. The molecule has 0 saturated carbocycles. The third-order valence-corrected chi connectivity index (χ3v) is 5.48. The maximum Gasteiger partial charge on any atom is 0.236 e. The molecule has 2 aromatic rings. The van der Waals surface area contributed by atoms with Crippen LogP contribution in [-0.2, 0) is 10.0 Å². The average molecular weight is 344 g/mol. The van der Waals surface area contributed by atoms with Crippen molar-refractivity contribution in [1.82, 2.24) is 9.29 Å². The molecule has 1 aliphatic heterocycles. The van der Waals surface area contributed by atoms with E-state index >= 15 is 0 Å². The molecular weight excluding hydrogens is 324 g/mol. The predicted molar refractivity (Wildman–Crippen MR) is 93.9 cm³/mol. The Kier molecular flexibility index (Phi) is 5.27. The van der Waals surface area contributed by atoms with Crippen LogP contribution in [0.5, 0.6) is 5.88 Å². The van der Waals surface area contributed by atoms with Crippen molar-refractivity contribution < 1.29 is 13.2 Å². The summed E-state index contributed by atoms with van der Waals surface area (Å²) in [6.45, 7) is 0.915. The van der Waals surface area contributed by atoms with Crippen molar-refractivity contribution in [3.8, 4) is 5.88 Å². The van der Waals surface area contributed by atoms with E-state index in [1.54, 1.807) is 12.3 Å². The number of hydrogen-bond donors (Lipinski definition) is 0. The van der Waals surface area contributed by atoms with E-state index < -0.39 is 10.0 Å². The van der Waals surface area contributed by atoms with Gasteiger partial charge in [-0.25, -0.2) is 13.4 Å². The lowest BCUT2D eigenvalue weighted by molar-refractivity contribution is 0.130. The monoisotopic (exact) mass is 344 g/mol. The van der Waals surface area contributed by atoms with Crippen LogP contribution in [0.1, 0.15) is 18.4 Å². The molecule has 0 bridgehead atoms. The Morgan fingerprint density at radius 3 is 2.42 bits per heavy atom. The summed E-state index contributed by atoms with van der Waals surface area (Å²) in [6, 6.07) is 14.9. The molecule has 0 amide bonds. The molecule has 0 spiro atoms. The van der Waals surface area contributed by atoms with Gasteiger partial charge in [-0.2, -0.15) is 4.31 Å². The van der Waals surface area contributed by atoms with Crippen molar-refractivity contribution >= 4 is 16.1 Å². The van der Waals surface area contributed by atoms with Crippen LogP contribution in [0.15, 0.2) is 60.1 Å². The third kappa shape index (κ3) is 4.43. The Labute approximate surface area is 142 Å². The molecule has 0 N–H and O–H groups in total. The lowest BCUT2D eigenvalue weighted by Crippen LogP contribution is -2.40. The van der Waals surface area contributed by atoms with Crippen molar-refractivity contribution in [3.05, 3.63) is 65.7 Å². The van der Waals surface area contributed by atoms with Gasteiger partial charge in [-0.1, -0.05) is 36.4 Å². The summed E-state index contributed by atoms with van der Waals surface area (Å²) in [6.07, 6.45) is 4.64. The first-order chi connectivity index (χ1) is 11.6. The van der Waals surface area contributed by atoms with E-state index in [9.17, 15) is 8.42 Å². The van der Waals surface area contributed by atoms with Crippen LogP contribution in [0.4, 0.5) is 0 Å². The van der Waals surface area contributed by atoms with E-state index in [1.807, 2.05) is 48.5 Å². The van der Waals surface area contributed by atoms with Gasteiger partial charge in [0.05, 0.1) is 0 Å². The van der Waals surface area contributed by atoms with Gasteiger partial charge < -0.3 is 4.74 Å². The number of nitrogens with zero attached hydrogens (tertiary/aromatic N) is 2. The van der Waals surface area contributed by atoms with Crippen molar-refractivity contribution in [1.29, 1.82) is 0 Å². The topological polar surface area (TPSA) is 59.5 Å². The molecule has 1 aromatic heterocycles. The number of piperidine rings is 1. The quantitative estimate of drug-likeness (QED) is 0.837. The summed E-state index contributed by atoms with van der Waals surface area (Å²) < 4.78 is 32.1. The minimum atomic E-state index is -3.40. The SMILES string of the molecule is O=S(=O)(C=Cc1ccccc1)N1CCC(Oc2ccccn2)CC1. The summed E-state index contributed by atoms with van der Waals surface area (Å²) in [7, 11) is -3.40. The zero-order chi connectivity index (χ0) is 16.8. The van der Waals surface area contributed by atoms with Gasteiger partial charge in [0.1, 0.15) is 6.10 Å². The Balaban J connectivity index is 1.56. The van der Waals surface area contributed by atoms with E-state index in [0.29, 0.717) is 31.8 Å². The third-order valence-electron chi connectivity index (χ3n) is 3.92. The molecule has 3 rings (SSSR count). The van der Waals surface area contributed by atoms with Gasteiger partial charge in [0, 0.05) is 30.8 Å². The van der Waals surface area contributed by atoms with E-state index in [1.165, 1.54) is 9.71 Å². The molecule has 0 radical (unpaired) electrons. The average Bonchev–Trinajstić information content (AvgIpc) is 2.62. The molecule has 2 heterocycles. The van der Waals surface area contributed by atoms with Crippen molar-refractivity contribution in [3.63, 3.8) is 0 Å². The number of sulfonamides is 1. The lowest BCUT2D eigenvalue weighted by Gasteiger charge is -2.30. The van der Waals surface area contributed by atoms with Gasteiger partial charge in [0.15, 0.2) is 0 Å². The molecule has 1 saturated heterocycles. The molecule has 5 nitrogen and oxygen atoms in total. The second-order valence-electron chi connectivity index (χ2n) is 5.64. The van der Waals surface area contributed by atoms with Gasteiger partial charge in [0.25, 0.3) is 0 Å². The van der Waals surface area contributed by atoms with Gasteiger partial charge in [-0.3, -0.25) is 0 Å². The molecule has 1 fully saturated rings. The summed E-state index contributed by atoms with van der Waals surface area (Å²) in [5, 5.41) is 1.28. The van der Waals surface area contributed by atoms with Gasteiger partial charge >= 0.3 is 0 Å². The van der Waals surface area contributed by atoms with Crippen molar-refractivity contribution in [2.45, 2.75) is 18.9 Å². The number of pyridine rings is 1. The lowest BCUT2D eigenvalue weighted by atomic mass is 10.1. The van der Waals surface area contributed by atoms with Crippen LogP contribution >= 0.6 is 0 Å². The molecule has 126 valence electrons. The van der Waals surface area contributed by atoms with E-state index in [4.69, 9.17) is 4.74 Å². The van der Waals surface area contributed by atoms with E-state index in [0.717, 1.165) is 5.56 Å². The smallest absolute Gasteiger partial charge is 0.236 e. The minimum Gasteiger partial charge on any atom is -0.474 e. The summed E-state index contributed by atoms with van der Waals surface area (Å²) >= 11 is 0.